The lowest BCUT2D eigenvalue weighted by molar-refractivity contribution is -0.0948. The predicted octanol–water partition coefficient (Wildman–Crippen LogP) is 4.86. The molecule has 1 fully saturated rings. The summed E-state index contributed by atoms with van der Waals surface area (Å²) < 4.78 is 43.7. The number of aromatic nitrogens is 2. The van der Waals surface area contributed by atoms with Gasteiger partial charge in [0.15, 0.2) is 6.73 Å². The summed E-state index contributed by atoms with van der Waals surface area (Å²) in [5.74, 6) is -0.0660. The topological polar surface area (TPSA) is 176 Å². The van der Waals surface area contributed by atoms with Crippen molar-refractivity contribution >= 4 is 20.1 Å². The first-order valence-corrected chi connectivity index (χ1v) is 18.4. The summed E-state index contributed by atoms with van der Waals surface area (Å²) in [6, 6.07) is 29.9. The highest BCUT2D eigenvalue weighted by Crippen LogP contribution is 2.49. The third-order valence-corrected chi connectivity index (χ3v) is 10.8. The van der Waals surface area contributed by atoms with Crippen LogP contribution in [0.5, 0.6) is 11.5 Å². The molecule has 7 rings (SSSR count). The Morgan fingerprint density at radius 3 is 1.89 bits per heavy atom. The number of amides is 2. The van der Waals surface area contributed by atoms with Gasteiger partial charge in [0, 0.05) is 22.7 Å². The number of nitrogens with zero attached hydrogens (tertiary/aromatic N) is 2. The molecule has 1 aromatic heterocycles. The molecular weight excluding hydrogens is 729 g/mol. The summed E-state index contributed by atoms with van der Waals surface area (Å²) in [4.78, 5) is 54.4. The van der Waals surface area contributed by atoms with Crippen LogP contribution in [0.1, 0.15) is 55.6 Å². The minimum atomic E-state index is -3.06. The zero-order chi connectivity index (χ0) is 38.9. The lowest BCUT2D eigenvalue weighted by atomic mass is 9.64. The maximum atomic E-state index is 13.6. The van der Waals surface area contributed by atoms with E-state index in [0.29, 0.717) is 28.2 Å². The quantitative estimate of drug-likeness (QED) is 0.0952. The summed E-state index contributed by atoms with van der Waals surface area (Å²) in [7, 11) is 0.0343. The second-order valence-corrected chi connectivity index (χ2v) is 14.0. The van der Waals surface area contributed by atoms with Crippen molar-refractivity contribution in [3.05, 3.63) is 164 Å². The van der Waals surface area contributed by atoms with Crippen LogP contribution in [-0.2, 0) is 23.8 Å². The molecule has 5 atom stereocenters. The van der Waals surface area contributed by atoms with E-state index in [1.54, 1.807) is 50.6 Å². The van der Waals surface area contributed by atoms with Crippen LogP contribution in [0.3, 0.4) is 0 Å². The lowest BCUT2D eigenvalue weighted by Gasteiger charge is -2.42. The number of hydrogen-bond donors (Lipinski definition) is 2. The van der Waals surface area contributed by atoms with Gasteiger partial charge in [0.05, 0.1) is 30.8 Å². The number of carbonyl (C=O) groups excluding carboxylic acids is 2. The van der Waals surface area contributed by atoms with Crippen molar-refractivity contribution in [2.45, 2.75) is 43.3 Å². The number of aromatic amines is 1. The van der Waals surface area contributed by atoms with Gasteiger partial charge in [-0.3, -0.25) is 23.9 Å². The Morgan fingerprint density at radius 2 is 1.35 bits per heavy atom. The Hall–Kier alpha value is -5.76. The summed E-state index contributed by atoms with van der Waals surface area (Å²) in [6.45, 7) is 0.859. The van der Waals surface area contributed by atoms with Crippen molar-refractivity contribution in [1.82, 2.24) is 14.5 Å². The number of hydrogen-bond acceptors (Lipinski definition) is 11. The van der Waals surface area contributed by atoms with Crippen LogP contribution in [0.15, 0.2) is 119 Å². The minimum absolute atomic E-state index is 0.124. The van der Waals surface area contributed by atoms with E-state index < -0.39 is 68.0 Å². The Morgan fingerprint density at radius 1 is 0.818 bits per heavy atom. The molecule has 0 spiro atoms. The van der Waals surface area contributed by atoms with E-state index in [4.69, 9.17) is 23.3 Å². The molecule has 15 heteroatoms. The maximum absolute atomic E-state index is 13.6. The van der Waals surface area contributed by atoms with E-state index in [1.807, 2.05) is 54.6 Å². The van der Waals surface area contributed by atoms with Gasteiger partial charge in [-0.05, 0) is 60.0 Å². The second kappa shape index (κ2) is 15.5. The number of aryl methyl sites for hydroxylation is 1. The van der Waals surface area contributed by atoms with E-state index in [-0.39, 0.29) is 23.1 Å². The Bertz CT molecular complexity index is 2260. The average Bonchev–Trinajstić information content (AvgIpc) is 3.73. The van der Waals surface area contributed by atoms with Crippen molar-refractivity contribution in [2.75, 3.05) is 21.0 Å². The molecule has 282 valence electrons. The highest BCUT2D eigenvalue weighted by Gasteiger charge is 2.55. The second-order valence-electron chi connectivity index (χ2n) is 13.1. The summed E-state index contributed by atoms with van der Waals surface area (Å²) in [5.41, 5.74) is -0.202. The van der Waals surface area contributed by atoms with Crippen LogP contribution in [0.25, 0.3) is 0 Å². The standard InChI is InChI=1S/C40H36N3O11P/c1-24-22-42(39(48)41-36(24)45)33-21-32(54-55(49)52-23-43-37(46)30-11-7-8-12-31(30)38(43)47)34(53-33)35(44)40(25-9-5-4-6-10-25,26-13-17-28(50-2)18-14-26)27-15-19-29(51-3)20-16-27/h4-20,22,32-35,44H,21,23H2,1-3H3/p+1/t32-,33+,34-,35?/m0/s1. The number of aliphatic hydroxyl groups is 1. The molecule has 0 aliphatic carbocycles. The molecule has 55 heavy (non-hydrogen) atoms. The molecule has 0 bridgehead atoms. The first-order valence-electron chi connectivity index (χ1n) is 17.3. The number of aliphatic hydroxyl groups excluding tert-OH is 1. The van der Waals surface area contributed by atoms with Crippen LogP contribution < -0.4 is 20.7 Å². The van der Waals surface area contributed by atoms with E-state index in [9.17, 15) is 28.8 Å². The van der Waals surface area contributed by atoms with Crippen molar-refractivity contribution in [2.24, 2.45) is 0 Å². The fraction of sp³-hybridized carbons (Fsp3) is 0.250. The maximum Gasteiger partial charge on any atom is 0.699 e. The highest BCUT2D eigenvalue weighted by molar-refractivity contribution is 7.33. The summed E-state index contributed by atoms with van der Waals surface area (Å²) in [5, 5.41) is 13.0. The van der Waals surface area contributed by atoms with E-state index in [1.165, 1.54) is 29.8 Å². The molecular formula is C40H37N3O11P+. The third-order valence-electron chi connectivity index (χ3n) is 10.0. The molecule has 2 amide bonds. The van der Waals surface area contributed by atoms with Gasteiger partial charge in [-0.2, -0.15) is 0 Å². The Kier molecular flexibility index (Phi) is 10.6. The van der Waals surface area contributed by atoms with Crippen molar-refractivity contribution in [1.29, 1.82) is 0 Å². The van der Waals surface area contributed by atoms with Gasteiger partial charge in [-0.15, -0.1) is 4.52 Å². The van der Waals surface area contributed by atoms with Crippen LogP contribution in [0, 0.1) is 6.92 Å². The molecule has 2 unspecified atom stereocenters. The Labute approximate surface area is 315 Å². The number of carbonyl (C=O) groups is 2. The SMILES string of the molecule is COc1ccc(C(c2ccccc2)(c2ccc(OC)cc2)C(O)[C@H]2O[C@@H](n3cc(C)c(=O)[nH]c3=O)C[C@@H]2O[P+](=O)OCN2C(=O)c3ccccc3C2=O)cc1. The van der Waals surface area contributed by atoms with E-state index in [0.717, 1.165) is 4.90 Å². The molecule has 0 saturated carbocycles. The van der Waals surface area contributed by atoms with Crippen molar-refractivity contribution in [3.8, 4) is 11.5 Å². The van der Waals surface area contributed by atoms with E-state index >= 15 is 0 Å². The first kappa shape index (κ1) is 37.6. The molecule has 2 aliphatic rings. The number of benzene rings is 4. The van der Waals surface area contributed by atoms with Crippen LogP contribution in [0.4, 0.5) is 0 Å². The van der Waals surface area contributed by atoms with Gasteiger partial charge in [-0.25, -0.2) is 9.69 Å². The number of nitrogens with one attached hydrogen (secondary N) is 1. The molecule has 5 aromatic rings. The minimum Gasteiger partial charge on any atom is -0.497 e. The molecule has 0 radical (unpaired) electrons. The normalized spacial score (nSPS) is 18.9. The van der Waals surface area contributed by atoms with Gasteiger partial charge in [0.2, 0.25) is 0 Å². The molecule has 2 aliphatic heterocycles. The number of methoxy groups -OCH3 is 2. The molecule has 3 heterocycles. The van der Waals surface area contributed by atoms with Gasteiger partial charge in [0.1, 0.15) is 36.0 Å². The molecule has 2 N–H and O–H groups in total. The summed E-state index contributed by atoms with van der Waals surface area (Å²) >= 11 is 0. The zero-order valence-corrected chi connectivity index (χ0v) is 30.9. The monoisotopic (exact) mass is 766 g/mol. The summed E-state index contributed by atoms with van der Waals surface area (Å²) in [6.07, 6.45) is -3.92. The number of H-pyrrole nitrogens is 1. The van der Waals surface area contributed by atoms with Gasteiger partial charge < -0.3 is 19.3 Å². The smallest absolute Gasteiger partial charge is 0.497 e. The zero-order valence-electron chi connectivity index (χ0n) is 30.0. The number of rotatable bonds is 13. The van der Waals surface area contributed by atoms with Gasteiger partial charge in [0.25, 0.3) is 17.4 Å². The van der Waals surface area contributed by atoms with Crippen LogP contribution in [0.2, 0.25) is 0 Å². The largest absolute Gasteiger partial charge is 0.699 e. The predicted molar refractivity (Wildman–Crippen MR) is 198 cm³/mol. The van der Waals surface area contributed by atoms with Crippen LogP contribution in [-0.4, -0.2) is 70.6 Å². The fourth-order valence-corrected chi connectivity index (χ4v) is 7.98. The Balaban J connectivity index is 1.30. The average molecular weight is 767 g/mol. The van der Waals surface area contributed by atoms with Gasteiger partial charge in [-0.1, -0.05) is 71.3 Å². The highest BCUT2D eigenvalue weighted by atomic mass is 31.1. The van der Waals surface area contributed by atoms with Gasteiger partial charge >= 0.3 is 13.9 Å². The lowest BCUT2D eigenvalue weighted by Crippen LogP contribution is -2.51. The molecule has 14 nitrogen and oxygen atoms in total. The number of imide groups is 1. The molecule has 1 saturated heterocycles. The first-order chi connectivity index (χ1) is 26.6. The number of fused-ring (bicyclic) bond motifs is 1. The number of ether oxygens (including phenoxy) is 3. The third kappa shape index (κ3) is 6.90. The van der Waals surface area contributed by atoms with E-state index in [2.05, 4.69) is 4.98 Å². The van der Waals surface area contributed by atoms with Crippen molar-refractivity contribution in [3.63, 3.8) is 0 Å². The van der Waals surface area contributed by atoms with Crippen molar-refractivity contribution < 1.29 is 42.5 Å². The van der Waals surface area contributed by atoms with Crippen LogP contribution >= 0.6 is 8.25 Å². The fourth-order valence-electron chi connectivity index (χ4n) is 7.29. The molecule has 4 aromatic carbocycles.